The summed E-state index contributed by atoms with van der Waals surface area (Å²) < 4.78 is 0. The first-order valence-electron chi connectivity index (χ1n) is 10.1. The number of aryl methyl sites for hydroxylation is 2. The van der Waals surface area contributed by atoms with E-state index >= 15 is 0 Å². The van der Waals surface area contributed by atoms with Crippen LogP contribution in [0, 0.1) is 0 Å². The molecular weight excluding hydrogens is 368 g/mol. The highest BCUT2D eigenvalue weighted by atomic mass is 32.2. The van der Waals surface area contributed by atoms with Crippen molar-refractivity contribution in [1.82, 2.24) is 4.90 Å². The molecule has 2 aromatic carbocycles. The fourth-order valence-electron chi connectivity index (χ4n) is 3.88. The minimum absolute atomic E-state index is 0.0805. The number of hydrogen-bond donors (Lipinski definition) is 1. The zero-order valence-electron chi connectivity index (χ0n) is 16.1. The van der Waals surface area contributed by atoms with Gasteiger partial charge < -0.3 is 10.2 Å². The zero-order valence-corrected chi connectivity index (χ0v) is 16.9. The quantitative estimate of drug-likeness (QED) is 0.855. The monoisotopic (exact) mass is 394 g/mol. The Labute approximate surface area is 170 Å². The summed E-state index contributed by atoms with van der Waals surface area (Å²) in [6, 6.07) is 13.7. The first-order valence-corrected chi connectivity index (χ1v) is 11.2. The topological polar surface area (TPSA) is 49.4 Å². The molecule has 2 amide bonds. The van der Waals surface area contributed by atoms with Gasteiger partial charge in [-0.1, -0.05) is 18.2 Å². The van der Waals surface area contributed by atoms with E-state index in [1.165, 1.54) is 24.0 Å². The number of rotatable bonds is 4. The Hall–Kier alpha value is -2.27. The Morgan fingerprint density at radius 2 is 1.64 bits per heavy atom. The lowest BCUT2D eigenvalue weighted by molar-refractivity contribution is -0.130. The van der Waals surface area contributed by atoms with E-state index in [4.69, 9.17) is 0 Å². The van der Waals surface area contributed by atoms with Crippen molar-refractivity contribution < 1.29 is 9.59 Å². The van der Waals surface area contributed by atoms with Crippen LogP contribution in [0.25, 0.3) is 0 Å². The maximum Gasteiger partial charge on any atom is 0.255 e. The number of nitrogens with one attached hydrogen (secondary N) is 1. The van der Waals surface area contributed by atoms with Crippen LogP contribution in [0.2, 0.25) is 0 Å². The standard InChI is InChI=1S/C23H26N2O2S/c26-22(25-11-13-28-14-12-25)15-17-5-9-21(10-6-17)24-23(27)20-8-7-18-3-1-2-4-19(18)16-20/h5-10,16H,1-4,11-15H2,(H,24,27). The van der Waals surface area contributed by atoms with Gasteiger partial charge in [0.1, 0.15) is 0 Å². The van der Waals surface area contributed by atoms with Crippen LogP contribution in [0.1, 0.15) is 39.9 Å². The Bertz CT molecular complexity index is 857. The molecule has 28 heavy (non-hydrogen) atoms. The van der Waals surface area contributed by atoms with Crippen LogP contribution in [0.3, 0.4) is 0 Å². The lowest BCUT2D eigenvalue weighted by Crippen LogP contribution is -2.38. The van der Waals surface area contributed by atoms with Crippen LogP contribution in [0.4, 0.5) is 5.69 Å². The summed E-state index contributed by atoms with van der Waals surface area (Å²) in [6.07, 6.45) is 5.05. The zero-order chi connectivity index (χ0) is 19.3. The molecule has 1 aliphatic carbocycles. The third kappa shape index (κ3) is 4.58. The number of thioether (sulfide) groups is 1. The van der Waals surface area contributed by atoms with Gasteiger partial charge in [-0.2, -0.15) is 11.8 Å². The molecular formula is C23H26N2O2S. The molecule has 5 heteroatoms. The van der Waals surface area contributed by atoms with Crippen molar-refractivity contribution in [3.63, 3.8) is 0 Å². The fourth-order valence-corrected chi connectivity index (χ4v) is 4.79. The van der Waals surface area contributed by atoms with E-state index < -0.39 is 0 Å². The molecule has 4 nitrogen and oxygen atoms in total. The highest BCUT2D eigenvalue weighted by Gasteiger charge is 2.17. The van der Waals surface area contributed by atoms with Crippen molar-refractivity contribution in [2.45, 2.75) is 32.1 Å². The van der Waals surface area contributed by atoms with Gasteiger partial charge in [0, 0.05) is 35.8 Å². The summed E-state index contributed by atoms with van der Waals surface area (Å²) in [7, 11) is 0. The molecule has 2 aliphatic rings. The third-order valence-corrected chi connectivity index (χ3v) is 6.48. The van der Waals surface area contributed by atoms with E-state index in [1.54, 1.807) is 0 Å². The molecule has 0 radical (unpaired) electrons. The summed E-state index contributed by atoms with van der Waals surface area (Å²) in [5.74, 6) is 2.16. The van der Waals surface area contributed by atoms with Gasteiger partial charge in [-0.3, -0.25) is 9.59 Å². The van der Waals surface area contributed by atoms with Gasteiger partial charge in [-0.25, -0.2) is 0 Å². The van der Waals surface area contributed by atoms with Crippen molar-refractivity contribution in [2.24, 2.45) is 0 Å². The Balaban J connectivity index is 1.36. The van der Waals surface area contributed by atoms with Crippen LogP contribution in [0.15, 0.2) is 42.5 Å². The lowest BCUT2D eigenvalue weighted by atomic mass is 9.90. The number of carbonyl (C=O) groups is 2. The Morgan fingerprint density at radius 3 is 2.39 bits per heavy atom. The van der Waals surface area contributed by atoms with Crippen LogP contribution in [0.5, 0.6) is 0 Å². The van der Waals surface area contributed by atoms with E-state index in [9.17, 15) is 9.59 Å². The normalized spacial score (nSPS) is 16.4. The number of benzene rings is 2. The predicted molar refractivity (Wildman–Crippen MR) is 115 cm³/mol. The van der Waals surface area contributed by atoms with Crippen LogP contribution in [-0.2, 0) is 24.1 Å². The third-order valence-electron chi connectivity index (χ3n) is 5.54. The SMILES string of the molecule is O=C(Nc1ccc(CC(=O)N2CCSCC2)cc1)c1ccc2c(c1)CCCC2. The molecule has 0 spiro atoms. The molecule has 146 valence electrons. The summed E-state index contributed by atoms with van der Waals surface area (Å²) in [4.78, 5) is 26.9. The molecule has 0 aromatic heterocycles. The second-order valence-electron chi connectivity index (χ2n) is 7.51. The average molecular weight is 395 g/mol. The number of fused-ring (bicyclic) bond motifs is 1. The smallest absolute Gasteiger partial charge is 0.255 e. The molecule has 1 aliphatic heterocycles. The van der Waals surface area contributed by atoms with Gasteiger partial charge in [0.2, 0.25) is 5.91 Å². The summed E-state index contributed by atoms with van der Waals surface area (Å²) in [6.45, 7) is 1.69. The largest absolute Gasteiger partial charge is 0.341 e. The van der Waals surface area contributed by atoms with Crippen molar-refractivity contribution in [1.29, 1.82) is 0 Å². The maximum atomic E-state index is 12.6. The lowest BCUT2D eigenvalue weighted by Gasteiger charge is -2.26. The van der Waals surface area contributed by atoms with Gasteiger partial charge in [0.25, 0.3) is 5.91 Å². The highest BCUT2D eigenvalue weighted by Crippen LogP contribution is 2.23. The van der Waals surface area contributed by atoms with Crippen molar-refractivity contribution in [3.05, 3.63) is 64.7 Å². The number of carbonyl (C=O) groups excluding carboxylic acids is 2. The highest BCUT2D eigenvalue weighted by molar-refractivity contribution is 7.99. The van der Waals surface area contributed by atoms with Gasteiger partial charge in [0.15, 0.2) is 0 Å². The van der Waals surface area contributed by atoms with Crippen LogP contribution in [-0.4, -0.2) is 41.3 Å². The van der Waals surface area contributed by atoms with Gasteiger partial charge in [-0.05, 0) is 66.6 Å². The second-order valence-corrected chi connectivity index (χ2v) is 8.74. The molecule has 4 rings (SSSR count). The maximum absolute atomic E-state index is 12.6. The van der Waals surface area contributed by atoms with Crippen molar-refractivity contribution in [2.75, 3.05) is 29.9 Å². The second kappa shape index (κ2) is 8.82. The van der Waals surface area contributed by atoms with Crippen molar-refractivity contribution >= 4 is 29.3 Å². The Kier molecular flexibility index (Phi) is 6.01. The molecule has 0 saturated carbocycles. The van der Waals surface area contributed by atoms with Crippen LogP contribution < -0.4 is 5.32 Å². The molecule has 1 saturated heterocycles. The van der Waals surface area contributed by atoms with E-state index in [0.717, 1.165) is 48.7 Å². The first kappa shape index (κ1) is 19.1. The molecule has 2 aromatic rings. The molecule has 0 atom stereocenters. The van der Waals surface area contributed by atoms with Crippen molar-refractivity contribution in [3.8, 4) is 0 Å². The summed E-state index contributed by atoms with van der Waals surface area (Å²) >= 11 is 1.90. The van der Waals surface area contributed by atoms with Gasteiger partial charge >= 0.3 is 0 Å². The summed E-state index contributed by atoms with van der Waals surface area (Å²) in [5, 5.41) is 2.97. The molecule has 0 unspecified atom stereocenters. The van der Waals surface area contributed by atoms with E-state index in [1.807, 2.05) is 53.1 Å². The first-order chi connectivity index (χ1) is 13.7. The average Bonchev–Trinajstić information content (AvgIpc) is 2.75. The number of amides is 2. The van der Waals surface area contributed by atoms with E-state index in [-0.39, 0.29) is 11.8 Å². The summed E-state index contributed by atoms with van der Waals surface area (Å²) in [5.41, 5.74) is 5.14. The number of anilines is 1. The molecule has 0 bridgehead atoms. The number of hydrogen-bond acceptors (Lipinski definition) is 3. The van der Waals surface area contributed by atoms with E-state index in [0.29, 0.717) is 12.0 Å². The minimum Gasteiger partial charge on any atom is -0.341 e. The predicted octanol–water partition coefficient (Wildman–Crippen LogP) is 3.94. The van der Waals surface area contributed by atoms with Crippen LogP contribution >= 0.6 is 11.8 Å². The van der Waals surface area contributed by atoms with Gasteiger partial charge in [-0.15, -0.1) is 0 Å². The minimum atomic E-state index is -0.0805. The molecule has 1 heterocycles. The van der Waals surface area contributed by atoms with Gasteiger partial charge in [0.05, 0.1) is 6.42 Å². The molecule has 1 fully saturated rings. The fraction of sp³-hybridized carbons (Fsp3) is 0.391. The number of nitrogens with zero attached hydrogens (tertiary/aromatic N) is 1. The van der Waals surface area contributed by atoms with E-state index in [2.05, 4.69) is 11.4 Å². The molecule has 1 N–H and O–H groups in total. The Morgan fingerprint density at radius 1 is 0.929 bits per heavy atom.